The Balaban J connectivity index is 2.00. The van der Waals surface area contributed by atoms with Crippen molar-refractivity contribution < 1.29 is 9.53 Å². The van der Waals surface area contributed by atoms with E-state index in [0.717, 1.165) is 15.8 Å². The number of ether oxygens (including phenoxy) is 1. The minimum Gasteiger partial charge on any atom is -0.496 e. The van der Waals surface area contributed by atoms with Crippen LogP contribution in [-0.2, 0) is 0 Å². The molecule has 1 amide bonds. The summed E-state index contributed by atoms with van der Waals surface area (Å²) in [4.78, 5) is 15.2. The summed E-state index contributed by atoms with van der Waals surface area (Å²) in [6.45, 7) is 2.11. The topological polar surface area (TPSA) is 55.6 Å². The molecule has 1 aromatic carbocycles. The minimum atomic E-state index is 0.00940. The van der Waals surface area contributed by atoms with Crippen LogP contribution < -0.4 is 10.5 Å². The Kier molecular flexibility index (Phi) is 3.53. The Hall–Kier alpha value is -1.75. The molecule has 1 heterocycles. The average Bonchev–Trinajstić information content (AvgIpc) is 3.29. The van der Waals surface area contributed by atoms with Crippen LogP contribution in [0.3, 0.4) is 0 Å². The monoisotopic (exact) mass is 304 g/mol. The van der Waals surface area contributed by atoms with E-state index in [9.17, 15) is 4.79 Å². The molecule has 4 nitrogen and oxygen atoms in total. The lowest BCUT2D eigenvalue weighted by molar-refractivity contribution is 0.0733. The van der Waals surface area contributed by atoms with E-state index in [1.54, 1.807) is 7.11 Å². The third-order valence-electron chi connectivity index (χ3n) is 4.36. The van der Waals surface area contributed by atoms with Gasteiger partial charge in [-0.05, 0) is 37.8 Å². The maximum absolute atomic E-state index is 12.7. The maximum Gasteiger partial charge on any atom is 0.266 e. The smallest absolute Gasteiger partial charge is 0.266 e. The molecule has 1 fully saturated rings. The third kappa shape index (κ3) is 2.35. The predicted molar refractivity (Wildman–Crippen MR) is 87.1 cm³/mol. The van der Waals surface area contributed by atoms with Gasteiger partial charge < -0.3 is 15.4 Å². The molecule has 0 saturated heterocycles. The highest BCUT2D eigenvalue weighted by Crippen LogP contribution is 2.41. The molecule has 0 bridgehead atoms. The summed E-state index contributed by atoms with van der Waals surface area (Å²) < 4.78 is 6.35. The van der Waals surface area contributed by atoms with Gasteiger partial charge in [-0.1, -0.05) is 6.07 Å². The van der Waals surface area contributed by atoms with Gasteiger partial charge in [0, 0.05) is 17.8 Å². The molecule has 0 spiro atoms. The number of thiophene rings is 1. The lowest BCUT2D eigenvalue weighted by Crippen LogP contribution is -2.36. The van der Waals surface area contributed by atoms with Crippen molar-refractivity contribution in [2.24, 2.45) is 5.92 Å². The van der Waals surface area contributed by atoms with Crippen molar-refractivity contribution in [2.75, 3.05) is 19.9 Å². The standard InChI is InChI=1S/C16H20N2O2S/c1-9(10-7-8-10)18(2)16(19)15-14(17)13-11(20-3)5-4-6-12(13)21-15/h4-6,9-10H,7-8,17H2,1-3H3. The number of nitrogens with two attached hydrogens (primary N) is 1. The highest BCUT2D eigenvalue weighted by molar-refractivity contribution is 7.21. The van der Waals surface area contributed by atoms with Crippen molar-refractivity contribution in [3.63, 3.8) is 0 Å². The Morgan fingerprint density at radius 1 is 1.48 bits per heavy atom. The third-order valence-corrected chi connectivity index (χ3v) is 5.52. The highest BCUT2D eigenvalue weighted by Gasteiger charge is 2.34. The second-order valence-electron chi connectivity index (χ2n) is 5.67. The molecule has 2 N–H and O–H groups in total. The van der Waals surface area contributed by atoms with Gasteiger partial charge in [-0.25, -0.2) is 0 Å². The molecule has 0 radical (unpaired) electrons. The summed E-state index contributed by atoms with van der Waals surface area (Å²) in [5.41, 5.74) is 6.76. The van der Waals surface area contributed by atoms with Gasteiger partial charge in [0.25, 0.3) is 5.91 Å². The van der Waals surface area contributed by atoms with E-state index in [2.05, 4.69) is 6.92 Å². The largest absolute Gasteiger partial charge is 0.496 e. The van der Waals surface area contributed by atoms with E-state index in [-0.39, 0.29) is 11.9 Å². The van der Waals surface area contributed by atoms with Crippen LogP contribution in [0.15, 0.2) is 18.2 Å². The van der Waals surface area contributed by atoms with Gasteiger partial charge in [0.05, 0.1) is 18.2 Å². The number of nitrogens with zero attached hydrogens (tertiary/aromatic N) is 1. The first-order valence-electron chi connectivity index (χ1n) is 7.16. The van der Waals surface area contributed by atoms with Crippen LogP contribution in [0.1, 0.15) is 29.4 Å². The zero-order chi connectivity index (χ0) is 15.1. The number of nitrogen functional groups attached to an aromatic ring is 1. The Bertz CT molecular complexity index is 691. The molecular weight excluding hydrogens is 284 g/mol. The molecular formula is C16H20N2O2S. The van der Waals surface area contributed by atoms with Crippen molar-refractivity contribution in [3.8, 4) is 5.75 Å². The van der Waals surface area contributed by atoms with E-state index in [1.807, 2.05) is 30.1 Å². The fourth-order valence-corrected chi connectivity index (χ4v) is 3.83. The van der Waals surface area contributed by atoms with Gasteiger partial charge in [0.1, 0.15) is 10.6 Å². The molecule has 0 aliphatic heterocycles. The Morgan fingerprint density at radius 2 is 2.19 bits per heavy atom. The number of carbonyl (C=O) groups is 1. The number of anilines is 1. The van der Waals surface area contributed by atoms with Gasteiger partial charge in [0.2, 0.25) is 0 Å². The summed E-state index contributed by atoms with van der Waals surface area (Å²) in [7, 11) is 3.49. The summed E-state index contributed by atoms with van der Waals surface area (Å²) in [6.07, 6.45) is 2.43. The van der Waals surface area contributed by atoms with Crippen LogP contribution in [0, 0.1) is 5.92 Å². The predicted octanol–water partition coefficient (Wildman–Crippen LogP) is 3.36. The normalized spacial score (nSPS) is 16.0. The zero-order valence-corrected chi connectivity index (χ0v) is 13.4. The molecule has 5 heteroatoms. The van der Waals surface area contributed by atoms with Crippen LogP contribution in [0.4, 0.5) is 5.69 Å². The van der Waals surface area contributed by atoms with Crippen LogP contribution in [0.2, 0.25) is 0 Å². The van der Waals surface area contributed by atoms with E-state index >= 15 is 0 Å². The number of carbonyl (C=O) groups excluding carboxylic acids is 1. The molecule has 3 rings (SSSR count). The van der Waals surface area contributed by atoms with Gasteiger partial charge >= 0.3 is 0 Å². The van der Waals surface area contributed by atoms with Gasteiger partial charge in [-0.3, -0.25) is 4.79 Å². The fourth-order valence-electron chi connectivity index (χ4n) is 2.71. The number of methoxy groups -OCH3 is 1. The molecule has 112 valence electrons. The summed E-state index contributed by atoms with van der Waals surface area (Å²) in [5, 5.41) is 0.848. The molecule has 1 atom stereocenters. The van der Waals surface area contributed by atoms with Crippen molar-refractivity contribution in [1.29, 1.82) is 0 Å². The van der Waals surface area contributed by atoms with Crippen LogP contribution in [0.25, 0.3) is 10.1 Å². The number of benzene rings is 1. The van der Waals surface area contributed by atoms with Crippen molar-refractivity contribution in [3.05, 3.63) is 23.1 Å². The van der Waals surface area contributed by atoms with Crippen LogP contribution >= 0.6 is 11.3 Å². The average molecular weight is 304 g/mol. The summed E-state index contributed by atoms with van der Waals surface area (Å²) >= 11 is 1.44. The fraction of sp³-hybridized carbons (Fsp3) is 0.438. The van der Waals surface area contributed by atoms with Gasteiger partial charge in [0.15, 0.2) is 0 Å². The molecule has 21 heavy (non-hydrogen) atoms. The molecule has 1 aliphatic carbocycles. The lowest BCUT2D eigenvalue weighted by Gasteiger charge is -2.24. The van der Waals surface area contributed by atoms with Crippen molar-refractivity contribution in [2.45, 2.75) is 25.8 Å². The molecule has 1 saturated carbocycles. The zero-order valence-electron chi connectivity index (χ0n) is 12.6. The Morgan fingerprint density at radius 3 is 2.81 bits per heavy atom. The summed E-state index contributed by atoms with van der Waals surface area (Å²) in [5.74, 6) is 1.37. The van der Waals surface area contributed by atoms with Crippen LogP contribution in [-0.4, -0.2) is 31.0 Å². The maximum atomic E-state index is 12.7. The van der Waals surface area contributed by atoms with Gasteiger partial charge in [-0.2, -0.15) is 0 Å². The second-order valence-corrected chi connectivity index (χ2v) is 6.72. The molecule has 1 aliphatic rings. The molecule has 1 aromatic heterocycles. The lowest BCUT2D eigenvalue weighted by atomic mass is 10.1. The summed E-state index contributed by atoms with van der Waals surface area (Å²) in [6, 6.07) is 6.03. The van der Waals surface area contributed by atoms with E-state index in [4.69, 9.17) is 10.5 Å². The van der Waals surface area contributed by atoms with E-state index in [1.165, 1.54) is 24.2 Å². The highest BCUT2D eigenvalue weighted by atomic mass is 32.1. The minimum absolute atomic E-state index is 0.00940. The SMILES string of the molecule is COc1cccc2sc(C(=O)N(C)C(C)C3CC3)c(N)c12. The Labute approximate surface area is 128 Å². The van der Waals surface area contributed by atoms with E-state index < -0.39 is 0 Å². The quantitative estimate of drug-likeness (QED) is 0.942. The first-order valence-corrected chi connectivity index (χ1v) is 7.98. The van der Waals surface area contributed by atoms with Crippen molar-refractivity contribution >= 4 is 33.0 Å². The number of hydrogen-bond donors (Lipinski definition) is 1. The first-order chi connectivity index (χ1) is 10.0. The number of hydrogen-bond acceptors (Lipinski definition) is 4. The molecule has 1 unspecified atom stereocenters. The number of rotatable bonds is 4. The number of fused-ring (bicyclic) bond motifs is 1. The van der Waals surface area contributed by atoms with Gasteiger partial charge in [-0.15, -0.1) is 11.3 Å². The van der Waals surface area contributed by atoms with Crippen molar-refractivity contribution in [1.82, 2.24) is 4.90 Å². The van der Waals surface area contributed by atoms with E-state index in [0.29, 0.717) is 16.5 Å². The van der Waals surface area contributed by atoms with Crippen LogP contribution in [0.5, 0.6) is 5.75 Å². The second kappa shape index (κ2) is 5.22. The number of amides is 1. The first kappa shape index (κ1) is 14.2. The molecule has 2 aromatic rings.